The zero-order chi connectivity index (χ0) is 12.1. The van der Waals surface area contributed by atoms with Crippen molar-refractivity contribution in [2.75, 3.05) is 0 Å². The van der Waals surface area contributed by atoms with Gasteiger partial charge in [-0.3, -0.25) is 10.2 Å². The minimum Gasteiger partial charge on any atom is -0.464 e. The Labute approximate surface area is 89.3 Å². The van der Waals surface area contributed by atoms with Crippen molar-refractivity contribution < 1.29 is 19.1 Å². The van der Waals surface area contributed by atoms with Gasteiger partial charge in [-0.25, -0.2) is 14.6 Å². The Morgan fingerprint density at radius 2 is 2.06 bits per heavy atom. The molecule has 0 spiro atoms. The Morgan fingerprint density at radius 3 is 2.62 bits per heavy atom. The van der Waals surface area contributed by atoms with E-state index in [-0.39, 0.29) is 5.56 Å². The quantitative estimate of drug-likeness (QED) is 0.607. The van der Waals surface area contributed by atoms with Crippen molar-refractivity contribution in [3.05, 3.63) is 35.1 Å². The van der Waals surface area contributed by atoms with Crippen molar-refractivity contribution in [1.82, 2.24) is 10.9 Å². The van der Waals surface area contributed by atoms with Crippen LogP contribution in [0.25, 0.3) is 0 Å². The smallest absolute Gasteiger partial charge is 0.423 e. The molecule has 0 atom stereocenters. The predicted octanol–water partition coefficient (Wildman–Crippen LogP) is 0.610. The largest absolute Gasteiger partial charge is 0.464 e. The van der Waals surface area contributed by atoms with E-state index in [1.807, 2.05) is 0 Å². The van der Waals surface area contributed by atoms with Gasteiger partial charge in [0.15, 0.2) is 0 Å². The molecule has 1 rings (SSSR count). The molecule has 0 aliphatic heterocycles. The number of benzene rings is 1. The molecule has 0 heterocycles. The highest BCUT2D eigenvalue weighted by Gasteiger charge is 2.12. The first kappa shape index (κ1) is 11.5. The summed E-state index contributed by atoms with van der Waals surface area (Å²) in [7, 11) is 0. The van der Waals surface area contributed by atoms with Gasteiger partial charge < -0.3 is 5.11 Å². The van der Waals surface area contributed by atoms with Crippen LogP contribution in [0.3, 0.4) is 0 Å². The molecule has 16 heavy (non-hydrogen) atoms. The lowest BCUT2D eigenvalue weighted by molar-refractivity contribution is 0.0922. The number of nitrogens with zero attached hydrogens (tertiary/aromatic N) is 1. The number of carbonyl (C=O) groups excluding carboxylic acids is 1. The second-order valence-corrected chi connectivity index (χ2v) is 2.69. The number of hydrazine groups is 1. The molecule has 0 radical (unpaired) electrons. The predicted molar refractivity (Wildman–Crippen MR) is 49.7 cm³/mol. The topological polar surface area (TPSA) is 102 Å². The van der Waals surface area contributed by atoms with E-state index in [4.69, 9.17) is 10.4 Å². The molecule has 2 amide bonds. The molecule has 1 aromatic carbocycles. The van der Waals surface area contributed by atoms with Crippen molar-refractivity contribution in [3.63, 3.8) is 0 Å². The summed E-state index contributed by atoms with van der Waals surface area (Å²) in [5.41, 5.74) is 3.02. The number of hydrogen-bond acceptors (Lipinski definition) is 3. The number of rotatable bonds is 1. The molecule has 3 N–H and O–H groups in total. The van der Waals surface area contributed by atoms with Gasteiger partial charge in [-0.05, 0) is 18.2 Å². The van der Waals surface area contributed by atoms with E-state index in [1.54, 1.807) is 16.9 Å². The molecular weight excluding hydrogens is 217 g/mol. The highest BCUT2D eigenvalue weighted by molar-refractivity contribution is 5.95. The summed E-state index contributed by atoms with van der Waals surface area (Å²) < 4.78 is 13.1. The first-order valence-corrected chi connectivity index (χ1v) is 4.03. The van der Waals surface area contributed by atoms with Gasteiger partial charge in [0.25, 0.3) is 5.91 Å². The minimum atomic E-state index is -1.48. The van der Waals surface area contributed by atoms with Gasteiger partial charge in [0.2, 0.25) is 0 Å². The van der Waals surface area contributed by atoms with Crippen LogP contribution in [0.1, 0.15) is 15.9 Å². The fraction of sp³-hybridized carbons (Fsp3) is 0. The van der Waals surface area contributed by atoms with E-state index >= 15 is 0 Å². The summed E-state index contributed by atoms with van der Waals surface area (Å²) in [6, 6.07) is 4.91. The zero-order valence-corrected chi connectivity index (χ0v) is 7.82. The van der Waals surface area contributed by atoms with Gasteiger partial charge >= 0.3 is 6.09 Å². The van der Waals surface area contributed by atoms with E-state index in [1.165, 1.54) is 6.07 Å². The molecule has 0 unspecified atom stereocenters. The van der Waals surface area contributed by atoms with Gasteiger partial charge in [-0.1, -0.05) is 0 Å². The Kier molecular flexibility index (Phi) is 3.40. The van der Waals surface area contributed by atoms with Crippen LogP contribution in [0.2, 0.25) is 0 Å². The van der Waals surface area contributed by atoms with Gasteiger partial charge in [0.1, 0.15) is 5.82 Å². The van der Waals surface area contributed by atoms with Crippen molar-refractivity contribution in [3.8, 4) is 6.07 Å². The Bertz CT molecular complexity index is 481. The number of nitriles is 1. The molecule has 0 aromatic heterocycles. The minimum absolute atomic E-state index is 0.0990. The highest BCUT2D eigenvalue weighted by atomic mass is 19.1. The van der Waals surface area contributed by atoms with Crippen LogP contribution in [-0.4, -0.2) is 17.1 Å². The molecule has 6 nitrogen and oxygen atoms in total. The molecule has 0 bridgehead atoms. The number of carboxylic acid groups (broad SMARTS) is 1. The van der Waals surface area contributed by atoms with Gasteiger partial charge in [0.05, 0.1) is 17.2 Å². The summed E-state index contributed by atoms with van der Waals surface area (Å²) in [6.07, 6.45) is -1.48. The third-order valence-electron chi connectivity index (χ3n) is 1.62. The maximum absolute atomic E-state index is 13.1. The number of halogens is 1. The van der Waals surface area contributed by atoms with Gasteiger partial charge in [-0.2, -0.15) is 5.26 Å². The second-order valence-electron chi connectivity index (χ2n) is 2.69. The molecule has 0 fully saturated rings. The van der Waals surface area contributed by atoms with Crippen molar-refractivity contribution in [1.29, 1.82) is 5.26 Å². The lowest BCUT2D eigenvalue weighted by Gasteiger charge is -2.05. The average Bonchev–Trinajstić information content (AvgIpc) is 2.26. The van der Waals surface area contributed by atoms with E-state index in [2.05, 4.69) is 0 Å². The second kappa shape index (κ2) is 4.75. The number of carbonyl (C=O) groups is 2. The number of amides is 2. The maximum atomic E-state index is 13.1. The Balaban J connectivity index is 2.90. The normalized spacial score (nSPS) is 9.00. The van der Waals surface area contributed by atoms with E-state index in [9.17, 15) is 14.0 Å². The van der Waals surface area contributed by atoms with Gasteiger partial charge in [0, 0.05) is 0 Å². The van der Waals surface area contributed by atoms with E-state index < -0.39 is 23.4 Å². The first-order chi connectivity index (χ1) is 7.54. The summed E-state index contributed by atoms with van der Waals surface area (Å²) in [5, 5.41) is 16.7. The Morgan fingerprint density at radius 1 is 1.38 bits per heavy atom. The fourth-order valence-corrected chi connectivity index (χ4v) is 0.946. The van der Waals surface area contributed by atoms with Crippen molar-refractivity contribution in [2.45, 2.75) is 0 Å². The lowest BCUT2D eigenvalue weighted by Crippen LogP contribution is -2.41. The fourth-order valence-electron chi connectivity index (χ4n) is 0.946. The molecule has 0 aliphatic rings. The molecule has 0 aliphatic carbocycles. The highest BCUT2D eigenvalue weighted by Crippen LogP contribution is 2.09. The van der Waals surface area contributed by atoms with Crippen LogP contribution >= 0.6 is 0 Å². The summed E-state index contributed by atoms with van der Waals surface area (Å²) in [4.78, 5) is 21.3. The van der Waals surface area contributed by atoms with Crippen LogP contribution < -0.4 is 10.9 Å². The molecule has 0 saturated heterocycles. The monoisotopic (exact) mass is 223 g/mol. The van der Waals surface area contributed by atoms with E-state index in [0.717, 1.165) is 12.1 Å². The van der Waals surface area contributed by atoms with Crippen LogP contribution in [0.15, 0.2) is 18.2 Å². The van der Waals surface area contributed by atoms with Crippen molar-refractivity contribution in [2.24, 2.45) is 0 Å². The summed E-state index contributed by atoms with van der Waals surface area (Å²) in [5.74, 6) is -1.82. The molecule has 1 aromatic rings. The third kappa shape index (κ3) is 2.68. The zero-order valence-electron chi connectivity index (χ0n) is 7.82. The maximum Gasteiger partial charge on any atom is 0.423 e. The molecule has 82 valence electrons. The number of hydrogen-bond donors (Lipinski definition) is 3. The van der Waals surface area contributed by atoms with Crippen LogP contribution in [0.4, 0.5) is 9.18 Å². The molecule has 7 heteroatoms. The standard InChI is InChI=1S/C9H6FN3O3/c10-7-2-1-5(4-11)3-6(7)8(14)12-13-9(15)16/h1-3,13H,(H,12,14)(H,15,16). The van der Waals surface area contributed by atoms with Gasteiger partial charge in [-0.15, -0.1) is 0 Å². The number of nitrogens with one attached hydrogen (secondary N) is 2. The molecular formula is C9H6FN3O3. The van der Waals surface area contributed by atoms with E-state index in [0.29, 0.717) is 0 Å². The third-order valence-corrected chi connectivity index (χ3v) is 1.62. The average molecular weight is 223 g/mol. The van der Waals surface area contributed by atoms with Crippen LogP contribution in [-0.2, 0) is 0 Å². The van der Waals surface area contributed by atoms with Crippen LogP contribution in [0.5, 0.6) is 0 Å². The van der Waals surface area contributed by atoms with Crippen molar-refractivity contribution >= 4 is 12.0 Å². The Hall–Kier alpha value is -2.62. The summed E-state index contributed by atoms with van der Waals surface area (Å²) in [6.45, 7) is 0. The summed E-state index contributed by atoms with van der Waals surface area (Å²) >= 11 is 0. The first-order valence-electron chi connectivity index (χ1n) is 4.03. The SMILES string of the molecule is N#Cc1ccc(F)c(C(=O)NNC(=O)O)c1. The van der Waals surface area contributed by atoms with Crippen LogP contribution in [0, 0.1) is 17.1 Å². The molecule has 0 saturated carbocycles. The lowest BCUT2D eigenvalue weighted by atomic mass is 10.1.